The summed E-state index contributed by atoms with van der Waals surface area (Å²) in [7, 11) is 0. The van der Waals surface area contributed by atoms with Crippen LogP contribution in [0.1, 0.15) is 28.3 Å². The topological polar surface area (TPSA) is 91.4 Å². The predicted octanol–water partition coefficient (Wildman–Crippen LogP) is 5.01. The second-order valence-corrected chi connectivity index (χ2v) is 8.34. The van der Waals surface area contributed by atoms with Gasteiger partial charge in [-0.2, -0.15) is 0 Å². The molecule has 1 amide bonds. The van der Waals surface area contributed by atoms with E-state index < -0.39 is 18.1 Å². The van der Waals surface area contributed by atoms with Gasteiger partial charge < -0.3 is 20.1 Å². The zero-order chi connectivity index (χ0) is 22.9. The van der Waals surface area contributed by atoms with Gasteiger partial charge in [-0.25, -0.2) is 9.59 Å². The van der Waals surface area contributed by atoms with E-state index >= 15 is 0 Å². The lowest BCUT2D eigenvalue weighted by Gasteiger charge is -2.17. The summed E-state index contributed by atoms with van der Waals surface area (Å²) in [6.07, 6.45) is -0.572. The Balaban J connectivity index is 1.30. The van der Waals surface area contributed by atoms with Crippen LogP contribution in [0.3, 0.4) is 0 Å². The fourth-order valence-corrected chi connectivity index (χ4v) is 4.78. The fourth-order valence-electron chi connectivity index (χ4n) is 4.78. The zero-order valence-corrected chi connectivity index (χ0v) is 18.2. The van der Waals surface area contributed by atoms with Crippen LogP contribution in [0.2, 0.25) is 0 Å². The van der Waals surface area contributed by atoms with Crippen LogP contribution in [0.5, 0.6) is 0 Å². The van der Waals surface area contributed by atoms with Crippen molar-refractivity contribution >= 4 is 23.0 Å². The highest BCUT2D eigenvalue weighted by molar-refractivity contribution is 5.87. The van der Waals surface area contributed by atoms with E-state index in [-0.39, 0.29) is 18.9 Å². The third-order valence-corrected chi connectivity index (χ3v) is 6.37. The van der Waals surface area contributed by atoms with Crippen molar-refractivity contribution in [2.45, 2.75) is 25.3 Å². The number of rotatable bonds is 6. The van der Waals surface area contributed by atoms with Crippen LogP contribution in [-0.2, 0) is 16.0 Å². The maximum Gasteiger partial charge on any atom is 0.407 e. The molecule has 1 aliphatic rings. The van der Waals surface area contributed by atoms with E-state index in [1.807, 2.05) is 67.6 Å². The summed E-state index contributed by atoms with van der Waals surface area (Å²) in [6, 6.07) is 22.8. The number of aromatic nitrogens is 1. The summed E-state index contributed by atoms with van der Waals surface area (Å²) < 4.78 is 5.54. The summed E-state index contributed by atoms with van der Waals surface area (Å²) in [6.45, 7) is 2.04. The van der Waals surface area contributed by atoms with Crippen LogP contribution < -0.4 is 5.32 Å². The maximum absolute atomic E-state index is 12.6. The highest BCUT2D eigenvalue weighted by Crippen LogP contribution is 2.44. The average Bonchev–Trinajstić information content (AvgIpc) is 3.31. The van der Waals surface area contributed by atoms with Crippen LogP contribution in [0.15, 0.2) is 72.8 Å². The van der Waals surface area contributed by atoms with Gasteiger partial charge in [-0.15, -0.1) is 0 Å². The Morgan fingerprint density at radius 2 is 1.58 bits per heavy atom. The van der Waals surface area contributed by atoms with Crippen molar-refractivity contribution < 1.29 is 19.4 Å². The highest BCUT2D eigenvalue weighted by Gasteiger charge is 2.30. The Labute approximate surface area is 191 Å². The number of carboxylic acid groups (broad SMARTS) is 1. The molecular weight excluding hydrogens is 416 g/mol. The normalized spacial score (nSPS) is 13.4. The summed E-state index contributed by atoms with van der Waals surface area (Å²) >= 11 is 0. The van der Waals surface area contributed by atoms with Gasteiger partial charge in [0.2, 0.25) is 0 Å². The Morgan fingerprint density at radius 1 is 0.970 bits per heavy atom. The summed E-state index contributed by atoms with van der Waals surface area (Å²) in [4.78, 5) is 27.8. The van der Waals surface area contributed by atoms with E-state index in [1.165, 1.54) is 0 Å². The molecule has 0 saturated heterocycles. The molecule has 6 nitrogen and oxygen atoms in total. The number of ether oxygens (including phenoxy) is 1. The second-order valence-electron chi connectivity index (χ2n) is 8.34. The largest absolute Gasteiger partial charge is 0.480 e. The Kier molecular flexibility index (Phi) is 5.34. The minimum absolute atomic E-state index is 0.0812. The van der Waals surface area contributed by atoms with Crippen molar-refractivity contribution in [3.63, 3.8) is 0 Å². The molecule has 1 atom stereocenters. The minimum Gasteiger partial charge on any atom is -0.480 e. The predicted molar refractivity (Wildman–Crippen MR) is 126 cm³/mol. The highest BCUT2D eigenvalue weighted by atomic mass is 16.5. The fraction of sp³-hybridized carbons (Fsp3) is 0.185. The van der Waals surface area contributed by atoms with Gasteiger partial charge in [0.25, 0.3) is 0 Å². The van der Waals surface area contributed by atoms with Gasteiger partial charge in [-0.3, -0.25) is 0 Å². The lowest BCUT2D eigenvalue weighted by Crippen LogP contribution is -2.43. The number of aryl methyl sites for hydroxylation is 1. The van der Waals surface area contributed by atoms with Crippen LogP contribution >= 0.6 is 0 Å². The molecule has 166 valence electrons. The molecular formula is C27H24N2O4. The van der Waals surface area contributed by atoms with Crippen molar-refractivity contribution in [1.82, 2.24) is 10.3 Å². The third kappa shape index (κ3) is 3.84. The third-order valence-electron chi connectivity index (χ3n) is 6.37. The SMILES string of the molecule is Cc1[nH]c2ccccc2c1CC(NC(=O)OCC1c2ccccc2-c2ccccc21)C(=O)O. The van der Waals surface area contributed by atoms with Crippen molar-refractivity contribution in [2.24, 2.45) is 0 Å². The minimum atomic E-state index is -1.10. The molecule has 4 aromatic rings. The summed E-state index contributed by atoms with van der Waals surface area (Å²) in [5.41, 5.74) is 7.19. The molecule has 1 aromatic heterocycles. The molecule has 3 N–H and O–H groups in total. The van der Waals surface area contributed by atoms with E-state index in [9.17, 15) is 14.7 Å². The van der Waals surface area contributed by atoms with Gasteiger partial charge in [0.15, 0.2) is 0 Å². The quantitative estimate of drug-likeness (QED) is 0.393. The second kappa shape index (κ2) is 8.47. The number of carbonyl (C=O) groups excluding carboxylic acids is 1. The number of carbonyl (C=O) groups is 2. The molecule has 1 heterocycles. The maximum atomic E-state index is 12.6. The molecule has 0 radical (unpaired) electrons. The van der Waals surface area contributed by atoms with Crippen molar-refractivity contribution in [1.29, 1.82) is 0 Å². The van der Waals surface area contributed by atoms with Gasteiger partial charge in [-0.1, -0.05) is 66.7 Å². The van der Waals surface area contributed by atoms with Gasteiger partial charge in [0.05, 0.1) is 0 Å². The van der Waals surface area contributed by atoms with E-state index in [4.69, 9.17) is 4.74 Å². The average molecular weight is 440 g/mol. The van der Waals surface area contributed by atoms with E-state index in [0.29, 0.717) is 0 Å². The van der Waals surface area contributed by atoms with Gasteiger partial charge in [0.1, 0.15) is 12.6 Å². The molecule has 3 aromatic carbocycles. The first-order valence-electron chi connectivity index (χ1n) is 10.9. The first kappa shape index (κ1) is 20.8. The number of aliphatic carboxylic acids is 1. The van der Waals surface area contributed by atoms with Crippen molar-refractivity contribution in [2.75, 3.05) is 6.61 Å². The number of benzene rings is 3. The van der Waals surface area contributed by atoms with E-state index in [1.54, 1.807) is 0 Å². The molecule has 1 unspecified atom stereocenters. The molecule has 1 aliphatic carbocycles. The Morgan fingerprint density at radius 3 is 2.24 bits per heavy atom. The smallest absolute Gasteiger partial charge is 0.407 e. The summed E-state index contributed by atoms with van der Waals surface area (Å²) in [5, 5.41) is 13.2. The molecule has 0 spiro atoms. The van der Waals surface area contributed by atoms with Crippen molar-refractivity contribution in [3.8, 4) is 11.1 Å². The van der Waals surface area contributed by atoms with Crippen LogP contribution in [0, 0.1) is 6.92 Å². The number of fused-ring (bicyclic) bond motifs is 4. The monoisotopic (exact) mass is 440 g/mol. The molecule has 6 heteroatoms. The first-order valence-corrected chi connectivity index (χ1v) is 10.9. The van der Waals surface area contributed by atoms with Crippen LogP contribution in [-0.4, -0.2) is 34.8 Å². The van der Waals surface area contributed by atoms with Gasteiger partial charge in [-0.05, 0) is 40.8 Å². The molecule has 33 heavy (non-hydrogen) atoms. The van der Waals surface area contributed by atoms with E-state index in [0.717, 1.165) is 44.4 Å². The number of hydrogen-bond acceptors (Lipinski definition) is 3. The Bertz CT molecular complexity index is 1310. The number of H-pyrrole nitrogens is 1. The standard InChI is InChI=1S/C27H24N2O4/c1-16-22(21-12-6-7-13-24(21)28-16)14-25(26(30)31)29-27(32)33-15-23-19-10-4-2-8-17(19)18-9-3-5-11-20(18)23/h2-13,23,25,28H,14-15H2,1H3,(H,29,32)(H,30,31). The zero-order valence-electron chi connectivity index (χ0n) is 18.2. The number of aromatic amines is 1. The number of amides is 1. The number of alkyl carbamates (subject to hydrolysis) is 1. The van der Waals surface area contributed by atoms with Crippen molar-refractivity contribution in [3.05, 3.63) is 95.2 Å². The molecule has 5 rings (SSSR count). The lowest BCUT2D eigenvalue weighted by atomic mass is 9.98. The molecule has 0 saturated carbocycles. The summed E-state index contributed by atoms with van der Waals surface area (Å²) in [5.74, 6) is -1.18. The number of hydrogen-bond donors (Lipinski definition) is 3. The van der Waals surface area contributed by atoms with Gasteiger partial charge in [0, 0.05) is 28.9 Å². The molecule has 0 fully saturated rings. The Hall–Kier alpha value is -4.06. The first-order chi connectivity index (χ1) is 16.0. The van der Waals surface area contributed by atoms with Gasteiger partial charge >= 0.3 is 12.1 Å². The molecule has 0 bridgehead atoms. The number of carboxylic acids is 1. The van der Waals surface area contributed by atoms with E-state index in [2.05, 4.69) is 22.4 Å². The molecule has 0 aliphatic heterocycles. The number of para-hydroxylation sites is 1. The number of nitrogens with one attached hydrogen (secondary N) is 2. The van der Waals surface area contributed by atoms with Crippen LogP contribution in [0.4, 0.5) is 4.79 Å². The van der Waals surface area contributed by atoms with Crippen LogP contribution in [0.25, 0.3) is 22.0 Å². The lowest BCUT2D eigenvalue weighted by molar-refractivity contribution is -0.139.